The molecule has 32 heavy (non-hydrogen) atoms. The van der Waals surface area contributed by atoms with Gasteiger partial charge in [0.05, 0.1) is 11.7 Å². The van der Waals surface area contributed by atoms with E-state index in [9.17, 15) is 10.2 Å². The minimum atomic E-state index is -0.563. The SMILES string of the molecule is CC[C@@H](C(C)C)C(C)(O)C[C@@H](C)C1CCC2C3CC=C4C[C@@H](O)CC[C@]4(C)C3CC[C@@]21C. The molecule has 10 atom stereocenters. The van der Waals surface area contributed by atoms with E-state index in [4.69, 9.17) is 0 Å². The largest absolute Gasteiger partial charge is 0.393 e. The van der Waals surface area contributed by atoms with Crippen LogP contribution in [0.1, 0.15) is 113 Å². The molecule has 0 aromatic carbocycles. The lowest BCUT2D eigenvalue weighted by Gasteiger charge is -2.58. The van der Waals surface area contributed by atoms with Crippen molar-refractivity contribution in [3.63, 3.8) is 0 Å². The quantitative estimate of drug-likeness (QED) is 0.419. The number of hydrogen-bond acceptors (Lipinski definition) is 2. The highest BCUT2D eigenvalue weighted by Crippen LogP contribution is 2.67. The molecule has 5 unspecified atom stereocenters. The smallest absolute Gasteiger partial charge is 0.0652 e. The molecule has 4 rings (SSSR count). The standard InChI is InChI=1S/C30H52O2/c1-8-24(19(2)3)30(7,32)18-20(4)25-11-12-26-23-10-9-21-17-22(31)13-15-28(21,5)27(23)14-16-29(25,26)6/h9,19-20,22-27,31-32H,8,10-18H2,1-7H3/t20-,22+,23?,24+,25?,26?,27?,28+,29-,30?/m1/s1. The van der Waals surface area contributed by atoms with E-state index in [0.717, 1.165) is 49.4 Å². The van der Waals surface area contributed by atoms with E-state index in [-0.39, 0.29) is 6.10 Å². The van der Waals surface area contributed by atoms with Gasteiger partial charge in [0.2, 0.25) is 0 Å². The van der Waals surface area contributed by atoms with Crippen LogP contribution in [0.5, 0.6) is 0 Å². The average Bonchev–Trinajstić information content (AvgIpc) is 3.05. The fraction of sp³-hybridized carbons (Fsp3) is 0.933. The Morgan fingerprint density at radius 2 is 1.78 bits per heavy atom. The maximum Gasteiger partial charge on any atom is 0.0652 e. The van der Waals surface area contributed by atoms with E-state index in [1.807, 2.05) is 0 Å². The van der Waals surface area contributed by atoms with E-state index in [1.54, 1.807) is 5.57 Å². The van der Waals surface area contributed by atoms with E-state index >= 15 is 0 Å². The van der Waals surface area contributed by atoms with Crippen LogP contribution in [0.3, 0.4) is 0 Å². The van der Waals surface area contributed by atoms with Crippen molar-refractivity contribution in [2.75, 3.05) is 0 Å². The van der Waals surface area contributed by atoms with Crippen LogP contribution in [0.15, 0.2) is 11.6 Å². The number of aliphatic hydroxyl groups excluding tert-OH is 1. The van der Waals surface area contributed by atoms with Gasteiger partial charge in [-0.3, -0.25) is 0 Å². The van der Waals surface area contributed by atoms with Crippen LogP contribution in [0.4, 0.5) is 0 Å². The number of rotatable bonds is 6. The lowest BCUT2D eigenvalue weighted by molar-refractivity contribution is -0.0767. The Bertz CT molecular complexity index is 708. The molecule has 4 aliphatic carbocycles. The van der Waals surface area contributed by atoms with Crippen molar-refractivity contribution in [2.45, 2.75) is 124 Å². The van der Waals surface area contributed by atoms with E-state index < -0.39 is 5.60 Å². The zero-order valence-electron chi connectivity index (χ0n) is 22.2. The molecule has 0 aromatic heterocycles. The molecule has 0 saturated heterocycles. The zero-order chi connectivity index (χ0) is 23.5. The lowest BCUT2D eigenvalue weighted by atomic mass is 9.47. The summed E-state index contributed by atoms with van der Waals surface area (Å²) < 4.78 is 0. The molecular weight excluding hydrogens is 392 g/mol. The van der Waals surface area contributed by atoms with Gasteiger partial charge in [-0.2, -0.15) is 0 Å². The highest BCUT2D eigenvalue weighted by Gasteiger charge is 2.59. The predicted octanol–water partition coefficient (Wildman–Crippen LogP) is 7.39. The molecule has 3 saturated carbocycles. The molecule has 3 fully saturated rings. The molecule has 0 amide bonds. The first-order valence-corrected chi connectivity index (χ1v) is 14.0. The van der Waals surface area contributed by atoms with Gasteiger partial charge in [-0.25, -0.2) is 0 Å². The molecule has 2 heteroatoms. The van der Waals surface area contributed by atoms with Gasteiger partial charge in [0.1, 0.15) is 0 Å². The van der Waals surface area contributed by atoms with Crippen LogP contribution >= 0.6 is 0 Å². The van der Waals surface area contributed by atoms with E-state index in [1.165, 1.54) is 38.5 Å². The van der Waals surface area contributed by atoms with Crippen LogP contribution < -0.4 is 0 Å². The summed E-state index contributed by atoms with van der Waals surface area (Å²) in [6.07, 6.45) is 14.3. The summed E-state index contributed by atoms with van der Waals surface area (Å²) in [6, 6.07) is 0. The van der Waals surface area contributed by atoms with Crippen molar-refractivity contribution in [1.82, 2.24) is 0 Å². The molecule has 0 spiro atoms. The number of aliphatic hydroxyl groups is 2. The van der Waals surface area contributed by atoms with Gasteiger partial charge in [0.15, 0.2) is 0 Å². The fourth-order valence-corrected chi connectivity index (χ4v) is 10.2. The Balaban J connectivity index is 1.52. The van der Waals surface area contributed by atoms with E-state index in [0.29, 0.717) is 28.6 Å². The zero-order valence-corrected chi connectivity index (χ0v) is 22.2. The van der Waals surface area contributed by atoms with Gasteiger partial charge in [0, 0.05) is 0 Å². The second-order valence-corrected chi connectivity index (χ2v) is 13.7. The average molecular weight is 445 g/mol. The first-order chi connectivity index (χ1) is 14.9. The molecule has 0 heterocycles. The summed E-state index contributed by atoms with van der Waals surface area (Å²) in [4.78, 5) is 0. The van der Waals surface area contributed by atoms with Crippen molar-refractivity contribution in [1.29, 1.82) is 0 Å². The van der Waals surface area contributed by atoms with Crippen molar-refractivity contribution in [2.24, 2.45) is 52.3 Å². The minimum absolute atomic E-state index is 0.109. The monoisotopic (exact) mass is 444 g/mol. The topological polar surface area (TPSA) is 40.5 Å². The van der Waals surface area contributed by atoms with Crippen molar-refractivity contribution < 1.29 is 10.2 Å². The summed E-state index contributed by atoms with van der Waals surface area (Å²) in [5.41, 5.74) is 1.79. The first kappa shape index (κ1) is 24.8. The third-order valence-corrected chi connectivity index (χ3v) is 11.6. The maximum absolute atomic E-state index is 11.5. The molecule has 0 bridgehead atoms. The van der Waals surface area contributed by atoms with Gasteiger partial charge in [0.25, 0.3) is 0 Å². The molecule has 4 aliphatic rings. The molecule has 184 valence electrons. The maximum atomic E-state index is 11.5. The Morgan fingerprint density at radius 1 is 1.06 bits per heavy atom. The summed E-state index contributed by atoms with van der Waals surface area (Å²) in [7, 11) is 0. The van der Waals surface area contributed by atoms with Crippen LogP contribution in [0.25, 0.3) is 0 Å². The number of allylic oxidation sites excluding steroid dienone is 1. The third-order valence-electron chi connectivity index (χ3n) is 11.6. The van der Waals surface area contributed by atoms with Crippen molar-refractivity contribution in [3.8, 4) is 0 Å². The second kappa shape index (κ2) is 8.71. The van der Waals surface area contributed by atoms with Crippen LogP contribution in [0.2, 0.25) is 0 Å². The molecule has 2 N–H and O–H groups in total. The van der Waals surface area contributed by atoms with Gasteiger partial charge < -0.3 is 10.2 Å². The fourth-order valence-electron chi connectivity index (χ4n) is 10.2. The van der Waals surface area contributed by atoms with Crippen molar-refractivity contribution >= 4 is 0 Å². The summed E-state index contributed by atoms with van der Waals surface area (Å²) in [6.45, 7) is 16.5. The minimum Gasteiger partial charge on any atom is -0.393 e. The third kappa shape index (κ3) is 3.94. The van der Waals surface area contributed by atoms with E-state index in [2.05, 4.69) is 54.5 Å². The molecule has 0 aliphatic heterocycles. The predicted molar refractivity (Wildman–Crippen MR) is 134 cm³/mol. The normalized spacial score (nSPS) is 45.3. The highest BCUT2D eigenvalue weighted by atomic mass is 16.3. The van der Waals surface area contributed by atoms with Crippen LogP contribution in [-0.4, -0.2) is 21.9 Å². The second-order valence-electron chi connectivity index (χ2n) is 13.7. The molecule has 0 radical (unpaired) electrons. The summed E-state index contributed by atoms with van der Waals surface area (Å²) >= 11 is 0. The van der Waals surface area contributed by atoms with Gasteiger partial charge in [-0.1, -0.05) is 59.6 Å². The van der Waals surface area contributed by atoms with Gasteiger partial charge in [-0.15, -0.1) is 0 Å². The summed E-state index contributed by atoms with van der Waals surface area (Å²) in [5.74, 6) is 4.73. The molecular formula is C30H52O2. The Labute approximate surface area is 198 Å². The Kier molecular flexibility index (Phi) is 6.74. The van der Waals surface area contributed by atoms with Crippen molar-refractivity contribution in [3.05, 3.63) is 11.6 Å². The Hall–Kier alpha value is -0.340. The lowest BCUT2D eigenvalue weighted by Crippen LogP contribution is -2.51. The van der Waals surface area contributed by atoms with Crippen LogP contribution in [-0.2, 0) is 0 Å². The van der Waals surface area contributed by atoms with Crippen LogP contribution in [0, 0.1) is 52.3 Å². The molecule has 2 nitrogen and oxygen atoms in total. The number of fused-ring (bicyclic) bond motifs is 5. The van der Waals surface area contributed by atoms with Gasteiger partial charge in [-0.05, 0) is 117 Å². The molecule has 0 aromatic rings. The van der Waals surface area contributed by atoms with Gasteiger partial charge >= 0.3 is 0 Å². The first-order valence-electron chi connectivity index (χ1n) is 14.0. The highest BCUT2D eigenvalue weighted by molar-refractivity contribution is 5.25. The Morgan fingerprint density at radius 3 is 2.44 bits per heavy atom. The summed E-state index contributed by atoms with van der Waals surface area (Å²) in [5, 5.41) is 21.8. The number of hydrogen-bond donors (Lipinski definition) is 2.